The van der Waals surface area contributed by atoms with Crippen LogP contribution in [0.4, 0.5) is 4.79 Å². The number of amides is 1. The van der Waals surface area contributed by atoms with Crippen molar-refractivity contribution in [2.45, 2.75) is 45.9 Å². The molecular formula is C18H28IN7O3. The number of ether oxygens (including phenoxy) is 1. The number of likely N-dealkylation sites (tertiary alicyclic amines) is 1. The molecular weight excluding hydrogens is 489 g/mol. The normalized spacial score (nSPS) is 14.8. The third kappa shape index (κ3) is 6.61. The number of rotatable bonds is 5. The van der Waals surface area contributed by atoms with Crippen LogP contribution in [0.15, 0.2) is 27.8 Å². The van der Waals surface area contributed by atoms with E-state index in [-0.39, 0.29) is 36.1 Å². The molecule has 0 spiro atoms. The minimum atomic E-state index is -0.489. The zero-order valence-corrected chi connectivity index (χ0v) is 19.4. The fraction of sp³-hybridized carbons (Fsp3) is 0.556. The monoisotopic (exact) mass is 517 g/mol. The average Bonchev–Trinajstić information content (AvgIpc) is 3.24. The molecule has 10 nitrogen and oxygen atoms in total. The summed E-state index contributed by atoms with van der Waals surface area (Å²) in [6, 6.07) is 3.71. The highest BCUT2D eigenvalue weighted by atomic mass is 127. The van der Waals surface area contributed by atoms with Crippen molar-refractivity contribution in [1.82, 2.24) is 30.7 Å². The van der Waals surface area contributed by atoms with Gasteiger partial charge in [-0.25, -0.2) is 14.8 Å². The van der Waals surface area contributed by atoms with Gasteiger partial charge in [-0.05, 0) is 39.8 Å². The summed E-state index contributed by atoms with van der Waals surface area (Å²) in [5.74, 6) is 2.40. The molecule has 0 aliphatic carbocycles. The lowest BCUT2D eigenvalue weighted by molar-refractivity contribution is 0.00701. The molecule has 0 saturated carbocycles. The van der Waals surface area contributed by atoms with Crippen LogP contribution in [0.5, 0.6) is 0 Å². The molecule has 11 heteroatoms. The summed E-state index contributed by atoms with van der Waals surface area (Å²) in [6.07, 6.45) is 1.29. The molecule has 0 unspecified atom stereocenters. The second-order valence-corrected chi connectivity index (χ2v) is 7.50. The highest BCUT2D eigenvalue weighted by Gasteiger charge is 2.34. The Balaban J connectivity index is 0.00000300. The number of hydrogen-bond donors (Lipinski definition) is 3. The quantitative estimate of drug-likeness (QED) is 0.317. The Kier molecular flexibility index (Phi) is 7.88. The fourth-order valence-corrected chi connectivity index (χ4v) is 2.59. The van der Waals surface area contributed by atoms with Gasteiger partial charge in [0.25, 0.3) is 0 Å². The number of carbonyl (C=O) groups excluding carboxylic acids is 1. The summed E-state index contributed by atoms with van der Waals surface area (Å²) in [6.45, 7) is 9.78. The summed E-state index contributed by atoms with van der Waals surface area (Å²) >= 11 is 0. The van der Waals surface area contributed by atoms with E-state index >= 15 is 0 Å². The molecule has 160 valence electrons. The maximum Gasteiger partial charge on any atom is 0.410 e. The van der Waals surface area contributed by atoms with E-state index in [9.17, 15) is 4.79 Å². The van der Waals surface area contributed by atoms with Gasteiger partial charge in [-0.3, -0.25) is 5.10 Å². The van der Waals surface area contributed by atoms with E-state index in [1.165, 1.54) is 0 Å². The van der Waals surface area contributed by atoms with Crippen LogP contribution in [-0.2, 0) is 11.3 Å². The first-order valence-electron chi connectivity index (χ1n) is 9.32. The lowest BCUT2D eigenvalue weighted by Crippen LogP contribution is -2.63. The minimum absolute atomic E-state index is 0. The molecule has 1 amide bonds. The Bertz CT molecular complexity index is 808. The van der Waals surface area contributed by atoms with Gasteiger partial charge in [-0.15, -0.1) is 29.1 Å². The molecule has 2 aromatic heterocycles. The molecule has 29 heavy (non-hydrogen) atoms. The molecule has 1 aliphatic heterocycles. The van der Waals surface area contributed by atoms with E-state index in [1.807, 2.05) is 27.7 Å². The maximum atomic E-state index is 12.0. The molecule has 1 saturated heterocycles. The Labute approximate surface area is 186 Å². The number of aromatic nitrogens is 3. The number of hydrogen-bond acceptors (Lipinski definition) is 6. The van der Waals surface area contributed by atoms with Crippen molar-refractivity contribution in [3.63, 3.8) is 0 Å². The number of nitrogens with zero attached hydrogens (tertiary/aromatic N) is 4. The third-order valence-electron chi connectivity index (χ3n) is 3.88. The molecule has 3 rings (SSSR count). The van der Waals surface area contributed by atoms with E-state index in [1.54, 1.807) is 23.3 Å². The first kappa shape index (κ1) is 23.0. The number of carbonyl (C=O) groups is 1. The van der Waals surface area contributed by atoms with E-state index in [4.69, 9.17) is 9.15 Å². The highest BCUT2D eigenvalue weighted by Crippen LogP contribution is 2.16. The Morgan fingerprint density at radius 2 is 2.21 bits per heavy atom. The van der Waals surface area contributed by atoms with Gasteiger partial charge < -0.3 is 24.7 Å². The Morgan fingerprint density at radius 1 is 1.45 bits per heavy atom. The molecule has 1 fully saturated rings. The van der Waals surface area contributed by atoms with Crippen LogP contribution in [0, 0.1) is 0 Å². The molecule has 1 aliphatic rings. The predicted octanol–water partition coefficient (Wildman–Crippen LogP) is 2.36. The van der Waals surface area contributed by atoms with Crippen LogP contribution in [-0.4, -0.2) is 63.4 Å². The van der Waals surface area contributed by atoms with Gasteiger partial charge in [0.05, 0.1) is 12.3 Å². The molecule has 2 aromatic rings. The predicted molar refractivity (Wildman–Crippen MR) is 119 cm³/mol. The smallest absolute Gasteiger partial charge is 0.410 e. The number of aliphatic imine (C=N–C) groups is 1. The average molecular weight is 517 g/mol. The van der Waals surface area contributed by atoms with Crippen LogP contribution in [0.1, 0.15) is 33.5 Å². The summed E-state index contributed by atoms with van der Waals surface area (Å²) < 4.78 is 10.7. The summed E-state index contributed by atoms with van der Waals surface area (Å²) in [5.41, 5.74) is -0.489. The number of H-pyrrole nitrogens is 1. The van der Waals surface area contributed by atoms with Gasteiger partial charge in [0, 0.05) is 19.6 Å². The molecule has 0 radical (unpaired) electrons. The lowest BCUT2D eigenvalue weighted by atomic mass is 10.1. The van der Waals surface area contributed by atoms with Gasteiger partial charge in [-0.1, -0.05) is 0 Å². The second-order valence-electron chi connectivity index (χ2n) is 7.50. The first-order valence-corrected chi connectivity index (χ1v) is 9.32. The van der Waals surface area contributed by atoms with Crippen LogP contribution < -0.4 is 10.6 Å². The van der Waals surface area contributed by atoms with Crippen molar-refractivity contribution in [2.75, 3.05) is 19.6 Å². The lowest BCUT2D eigenvalue weighted by Gasteiger charge is -2.40. The number of aromatic amines is 1. The number of furan rings is 1. The van der Waals surface area contributed by atoms with Crippen LogP contribution in [0.3, 0.4) is 0 Å². The van der Waals surface area contributed by atoms with Gasteiger partial charge >= 0.3 is 6.09 Å². The molecule has 0 atom stereocenters. The maximum absolute atomic E-state index is 12.0. The summed E-state index contributed by atoms with van der Waals surface area (Å²) in [7, 11) is 0. The summed E-state index contributed by atoms with van der Waals surface area (Å²) in [4.78, 5) is 22.6. The Morgan fingerprint density at radius 3 is 2.83 bits per heavy atom. The van der Waals surface area contributed by atoms with E-state index in [0.29, 0.717) is 43.0 Å². The van der Waals surface area contributed by atoms with Crippen LogP contribution in [0.2, 0.25) is 0 Å². The van der Waals surface area contributed by atoms with Gasteiger partial charge in [0.15, 0.2) is 11.7 Å². The number of halogens is 1. The van der Waals surface area contributed by atoms with Crippen molar-refractivity contribution in [1.29, 1.82) is 0 Å². The molecule has 0 aromatic carbocycles. The van der Waals surface area contributed by atoms with Gasteiger partial charge in [0.1, 0.15) is 18.0 Å². The standard InChI is InChI=1S/C18H27N7O3.HI/c1-5-19-16(21-12-10-25(11-12)17(26)28-18(2,3)4)20-9-14-22-15(24-23-14)13-7-6-8-27-13;/h6-8,12H,5,9-11H2,1-4H3,(H2,19,20,21)(H,22,23,24);1H. The van der Waals surface area contributed by atoms with E-state index < -0.39 is 5.60 Å². The SMILES string of the molecule is CCNC(=NCc1nc(-c2ccco2)n[nH]1)NC1CN(C(=O)OC(C)(C)C)C1.I. The largest absolute Gasteiger partial charge is 0.461 e. The third-order valence-corrected chi connectivity index (χ3v) is 3.88. The zero-order chi connectivity index (χ0) is 20.1. The van der Waals surface area contributed by atoms with Crippen molar-refractivity contribution in [3.05, 3.63) is 24.2 Å². The van der Waals surface area contributed by atoms with Crippen LogP contribution >= 0.6 is 24.0 Å². The first-order chi connectivity index (χ1) is 13.3. The van der Waals surface area contributed by atoms with Crippen molar-refractivity contribution < 1.29 is 13.9 Å². The molecule has 3 N–H and O–H groups in total. The van der Waals surface area contributed by atoms with E-state index in [2.05, 4.69) is 30.8 Å². The van der Waals surface area contributed by atoms with Crippen molar-refractivity contribution >= 4 is 36.0 Å². The van der Waals surface area contributed by atoms with E-state index in [0.717, 1.165) is 6.54 Å². The minimum Gasteiger partial charge on any atom is -0.461 e. The fourth-order valence-electron chi connectivity index (χ4n) is 2.59. The zero-order valence-electron chi connectivity index (χ0n) is 17.1. The van der Waals surface area contributed by atoms with Crippen LogP contribution in [0.25, 0.3) is 11.6 Å². The molecule has 0 bridgehead atoms. The second kappa shape index (κ2) is 9.94. The van der Waals surface area contributed by atoms with Crippen molar-refractivity contribution in [3.8, 4) is 11.6 Å². The topological polar surface area (TPSA) is 121 Å². The van der Waals surface area contributed by atoms with Crippen molar-refractivity contribution in [2.24, 2.45) is 4.99 Å². The number of nitrogens with one attached hydrogen (secondary N) is 3. The number of guanidine groups is 1. The summed E-state index contributed by atoms with van der Waals surface area (Å²) in [5, 5.41) is 13.5. The van der Waals surface area contributed by atoms with Gasteiger partial charge in [0.2, 0.25) is 5.82 Å². The Hall–Kier alpha value is -2.31. The highest BCUT2D eigenvalue weighted by molar-refractivity contribution is 14.0. The molecule has 3 heterocycles. The van der Waals surface area contributed by atoms with Gasteiger partial charge in [-0.2, -0.15) is 0 Å².